The third-order valence-corrected chi connectivity index (χ3v) is 4.86. The van der Waals surface area contributed by atoms with Crippen LogP contribution in [0.25, 0.3) is 0 Å². The third-order valence-electron chi connectivity index (χ3n) is 2.04. The Hall–Kier alpha value is -0.978. The molecule has 1 aromatic carbocycles. The van der Waals surface area contributed by atoms with Gasteiger partial charge in [0.05, 0.1) is 0 Å². The van der Waals surface area contributed by atoms with Crippen LogP contribution in [0, 0.1) is 11.8 Å². The van der Waals surface area contributed by atoms with Crippen LogP contribution in [-0.4, -0.2) is 16.2 Å². The zero-order valence-electron chi connectivity index (χ0n) is 12.1. The predicted octanol–water partition coefficient (Wildman–Crippen LogP) is 4.31. The van der Waals surface area contributed by atoms with Gasteiger partial charge < -0.3 is 10.2 Å². The molecule has 108 valence electrons. The first-order valence-corrected chi connectivity index (χ1v) is 8.24. The van der Waals surface area contributed by atoms with Gasteiger partial charge in [-0.3, -0.25) is 0 Å². The maximum atomic E-state index is 10.3. The van der Waals surface area contributed by atoms with Crippen LogP contribution in [0.2, 0.25) is 10.6 Å². The fraction of sp³-hybridized carbons (Fsp3) is 0.533. The zero-order chi connectivity index (χ0) is 14.8. The predicted molar refractivity (Wildman–Crippen MR) is 74.4 cm³/mol. The maximum Gasteiger partial charge on any atom is 0.339 e. The molecule has 0 aliphatic carbocycles. The van der Waals surface area contributed by atoms with Gasteiger partial charge in [-0.1, -0.05) is 12.1 Å². The molecule has 1 aromatic rings. The smallest absolute Gasteiger partial charge is 0.339 e. The van der Waals surface area contributed by atoms with Gasteiger partial charge in [0.2, 0.25) is 0 Å². The van der Waals surface area contributed by atoms with E-state index in [9.17, 15) is 4.79 Å². The summed E-state index contributed by atoms with van der Waals surface area (Å²) >= 11 is 0.919. The average molecular weight is 304 g/mol. The summed E-state index contributed by atoms with van der Waals surface area (Å²) in [6, 6.07) is 5.81. The Labute approximate surface area is 122 Å². The minimum atomic E-state index is -1.11. The van der Waals surface area contributed by atoms with Crippen LogP contribution in [0.3, 0.4) is 0 Å². The van der Waals surface area contributed by atoms with Gasteiger partial charge in [-0.2, -0.15) is 0 Å². The van der Waals surface area contributed by atoms with E-state index >= 15 is 0 Å². The summed E-state index contributed by atoms with van der Waals surface area (Å²) in [6.45, 7) is 9.23. The number of aromatic carboxylic acids is 1. The van der Waals surface area contributed by atoms with Gasteiger partial charge in [0.15, 0.2) is 0 Å². The maximum absolute atomic E-state index is 10.3. The summed E-state index contributed by atoms with van der Waals surface area (Å²) in [6.07, 6.45) is 0. The second-order valence-corrected chi connectivity index (χ2v) is 6.83. The quantitative estimate of drug-likeness (QED) is 0.852. The van der Waals surface area contributed by atoms with Gasteiger partial charge in [0.25, 0.3) is 0 Å². The van der Waals surface area contributed by atoms with E-state index in [1.807, 2.05) is 0 Å². The zero-order valence-corrected chi connectivity index (χ0v) is 13.4. The van der Waals surface area contributed by atoms with Crippen molar-refractivity contribution in [3.63, 3.8) is 0 Å². The van der Waals surface area contributed by atoms with Crippen molar-refractivity contribution in [2.75, 3.05) is 0 Å². The second kappa shape index (κ2) is 9.89. The molecule has 19 heavy (non-hydrogen) atoms. The Morgan fingerprint density at radius 2 is 1.58 bits per heavy atom. The monoisotopic (exact) mass is 304 g/mol. The van der Waals surface area contributed by atoms with Crippen LogP contribution in [0.1, 0.15) is 38.1 Å². The molecule has 0 heterocycles. The second-order valence-electron chi connectivity index (χ2n) is 5.15. The molecule has 2 N–H and O–H groups in total. The summed E-state index contributed by atoms with van der Waals surface area (Å²) in [5.41, 5.74) is -0.0671. The topological polar surface area (TPSA) is 57.5 Å². The first-order valence-electron chi connectivity index (χ1n) is 6.43. The Morgan fingerprint density at radius 1 is 1.11 bits per heavy atom. The van der Waals surface area contributed by atoms with Crippen LogP contribution in [0.5, 0.6) is 5.75 Å². The molecule has 1 rings (SSSR count). The van der Waals surface area contributed by atoms with Crippen LogP contribution in [0.15, 0.2) is 24.3 Å². The SMILES string of the molecule is CC(C)[CH2][Cr][CH2]C(C)C.O=C(O)c1ccccc1O. The molecule has 4 heteroatoms. The Kier molecular flexibility index (Phi) is 9.38. The number of para-hydroxylation sites is 1. The van der Waals surface area contributed by atoms with Crippen molar-refractivity contribution in [1.82, 2.24) is 0 Å². The number of carbonyl (C=O) groups is 1. The van der Waals surface area contributed by atoms with Crippen molar-refractivity contribution >= 4 is 5.97 Å². The normalized spacial score (nSPS) is 10.2. The van der Waals surface area contributed by atoms with Crippen molar-refractivity contribution in [1.29, 1.82) is 0 Å². The molecular weight excluding hydrogens is 280 g/mol. The molecule has 0 unspecified atom stereocenters. The van der Waals surface area contributed by atoms with Crippen molar-refractivity contribution in [2.45, 2.75) is 38.3 Å². The summed E-state index contributed by atoms with van der Waals surface area (Å²) in [7, 11) is 0. The van der Waals surface area contributed by atoms with E-state index in [4.69, 9.17) is 10.2 Å². The van der Waals surface area contributed by atoms with E-state index < -0.39 is 5.97 Å². The van der Waals surface area contributed by atoms with E-state index in [0.717, 1.165) is 27.1 Å². The van der Waals surface area contributed by atoms with E-state index in [0.29, 0.717) is 0 Å². The number of phenols is 1. The van der Waals surface area contributed by atoms with Crippen LogP contribution >= 0.6 is 0 Å². The average Bonchev–Trinajstić information content (AvgIpc) is 2.29. The fourth-order valence-electron chi connectivity index (χ4n) is 1.19. The molecule has 0 aliphatic heterocycles. The van der Waals surface area contributed by atoms with Gasteiger partial charge in [-0.15, -0.1) is 0 Å². The summed E-state index contributed by atoms with van der Waals surface area (Å²) in [4.78, 5) is 10.3. The third kappa shape index (κ3) is 9.58. The number of carboxylic acids is 1. The minimum absolute atomic E-state index is 0.0671. The molecular formula is C15H24CrO3. The Balaban J connectivity index is 0.000000344. The summed E-state index contributed by atoms with van der Waals surface area (Å²) in [5.74, 6) is 0.528. The minimum Gasteiger partial charge on any atom is -0.507 e. The molecule has 0 aromatic heterocycles. The van der Waals surface area contributed by atoms with Crippen molar-refractivity contribution < 1.29 is 30.2 Å². The van der Waals surface area contributed by atoms with Gasteiger partial charge in [0, 0.05) is 0 Å². The summed E-state index contributed by atoms with van der Waals surface area (Å²) < 4.78 is 0. The first-order chi connectivity index (χ1) is 8.84. The first kappa shape index (κ1) is 18.0. The van der Waals surface area contributed by atoms with Crippen molar-refractivity contribution in [2.24, 2.45) is 11.8 Å². The number of benzene rings is 1. The molecule has 0 spiro atoms. The van der Waals surface area contributed by atoms with Crippen molar-refractivity contribution in [3.8, 4) is 5.75 Å². The van der Waals surface area contributed by atoms with E-state index in [2.05, 4.69) is 27.7 Å². The molecule has 3 nitrogen and oxygen atoms in total. The molecule has 0 saturated heterocycles. The van der Waals surface area contributed by atoms with Crippen molar-refractivity contribution in [3.05, 3.63) is 29.8 Å². The molecule has 0 bridgehead atoms. The number of carboxylic acid groups (broad SMARTS) is 1. The van der Waals surface area contributed by atoms with E-state index in [1.165, 1.54) is 22.7 Å². The number of hydrogen-bond donors (Lipinski definition) is 2. The van der Waals surface area contributed by atoms with Crippen LogP contribution < -0.4 is 0 Å². The molecule has 0 radical (unpaired) electrons. The molecule has 0 atom stereocenters. The standard InChI is InChI=1S/C7H6O3.2C4H9.Cr/c8-6-4-2-1-3-5(6)7(9)10;2*1-4(2)3;/h1-4,8H,(H,9,10);2*4H,1H2,2-3H3;. The Morgan fingerprint density at radius 3 is 1.89 bits per heavy atom. The molecule has 0 fully saturated rings. The van der Waals surface area contributed by atoms with Gasteiger partial charge >= 0.3 is 71.3 Å². The van der Waals surface area contributed by atoms with E-state index in [-0.39, 0.29) is 11.3 Å². The van der Waals surface area contributed by atoms with Gasteiger partial charge in [-0.05, 0) is 12.1 Å². The van der Waals surface area contributed by atoms with Crippen LogP contribution in [-0.2, 0) is 15.2 Å². The van der Waals surface area contributed by atoms with E-state index in [1.54, 1.807) is 12.1 Å². The Bertz CT molecular complexity index is 367. The number of hydrogen-bond acceptors (Lipinski definition) is 2. The van der Waals surface area contributed by atoms with Gasteiger partial charge in [0.1, 0.15) is 11.3 Å². The molecule has 0 amide bonds. The summed E-state index contributed by atoms with van der Waals surface area (Å²) in [5, 5.41) is 20.2. The number of aromatic hydroxyl groups is 1. The van der Waals surface area contributed by atoms with Gasteiger partial charge in [-0.25, -0.2) is 4.79 Å². The van der Waals surface area contributed by atoms with Crippen LogP contribution in [0.4, 0.5) is 0 Å². The fourth-order valence-corrected chi connectivity index (χ4v) is 2.88. The largest absolute Gasteiger partial charge is 0.507 e. The number of rotatable bonds is 5. The molecule has 0 aliphatic rings. The molecule has 0 saturated carbocycles.